The molecule has 98 valence electrons. The standard InChI is InChI=1S/C13H15F2NO2/c1-18-13(17)11-2-3-16-7-12(11)8-4-9(14)6-10(15)5-8/h4-6,11-12,16H,2-3,7H2,1H3. The average molecular weight is 255 g/mol. The molecule has 2 rings (SSSR count). The van der Waals surface area contributed by atoms with Crippen LogP contribution in [0.4, 0.5) is 8.78 Å². The molecule has 1 aliphatic heterocycles. The van der Waals surface area contributed by atoms with Crippen molar-refractivity contribution >= 4 is 5.97 Å². The quantitative estimate of drug-likeness (QED) is 0.819. The van der Waals surface area contributed by atoms with E-state index in [0.29, 0.717) is 25.1 Å². The van der Waals surface area contributed by atoms with E-state index in [1.165, 1.54) is 19.2 Å². The molecule has 3 nitrogen and oxygen atoms in total. The second-order valence-electron chi connectivity index (χ2n) is 4.43. The van der Waals surface area contributed by atoms with Gasteiger partial charge in [0.15, 0.2) is 0 Å². The summed E-state index contributed by atoms with van der Waals surface area (Å²) >= 11 is 0. The summed E-state index contributed by atoms with van der Waals surface area (Å²) in [6.45, 7) is 1.22. The monoisotopic (exact) mass is 255 g/mol. The van der Waals surface area contributed by atoms with Crippen LogP contribution >= 0.6 is 0 Å². The van der Waals surface area contributed by atoms with Crippen LogP contribution in [0.3, 0.4) is 0 Å². The fourth-order valence-electron chi connectivity index (χ4n) is 2.43. The minimum absolute atomic E-state index is 0.253. The SMILES string of the molecule is COC(=O)C1CCNCC1c1cc(F)cc(F)c1. The first-order valence-electron chi connectivity index (χ1n) is 5.86. The molecule has 1 aromatic rings. The van der Waals surface area contributed by atoms with Crippen molar-refractivity contribution in [2.24, 2.45) is 5.92 Å². The Labute approximate surface area is 104 Å². The highest BCUT2D eigenvalue weighted by molar-refractivity contribution is 5.73. The molecule has 0 spiro atoms. The van der Waals surface area contributed by atoms with Gasteiger partial charge in [-0.3, -0.25) is 4.79 Å². The van der Waals surface area contributed by atoms with Crippen molar-refractivity contribution in [1.82, 2.24) is 5.32 Å². The first kappa shape index (κ1) is 13.0. The zero-order valence-electron chi connectivity index (χ0n) is 10.1. The summed E-state index contributed by atoms with van der Waals surface area (Å²) in [7, 11) is 1.33. The molecule has 0 saturated carbocycles. The van der Waals surface area contributed by atoms with E-state index in [2.05, 4.69) is 5.32 Å². The van der Waals surface area contributed by atoms with E-state index < -0.39 is 11.6 Å². The maximum Gasteiger partial charge on any atom is 0.309 e. The fraction of sp³-hybridized carbons (Fsp3) is 0.462. The van der Waals surface area contributed by atoms with Crippen LogP contribution in [-0.2, 0) is 9.53 Å². The summed E-state index contributed by atoms with van der Waals surface area (Å²) in [5, 5.41) is 3.13. The van der Waals surface area contributed by atoms with Gasteiger partial charge >= 0.3 is 5.97 Å². The Balaban J connectivity index is 2.30. The number of carbonyl (C=O) groups is 1. The molecule has 1 aromatic carbocycles. The lowest BCUT2D eigenvalue weighted by atomic mass is 9.81. The van der Waals surface area contributed by atoms with Gasteiger partial charge in [0.2, 0.25) is 0 Å². The van der Waals surface area contributed by atoms with Crippen LogP contribution in [0.1, 0.15) is 17.9 Å². The van der Waals surface area contributed by atoms with Gasteiger partial charge < -0.3 is 10.1 Å². The highest BCUT2D eigenvalue weighted by Crippen LogP contribution is 2.31. The highest BCUT2D eigenvalue weighted by Gasteiger charge is 2.33. The van der Waals surface area contributed by atoms with Gasteiger partial charge in [0.25, 0.3) is 0 Å². The molecule has 0 bridgehead atoms. The van der Waals surface area contributed by atoms with E-state index >= 15 is 0 Å². The third kappa shape index (κ3) is 2.67. The van der Waals surface area contributed by atoms with Gasteiger partial charge in [0, 0.05) is 18.5 Å². The summed E-state index contributed by atoms with van der Waals surface area (Å²) in [4.78, 5) is 11.7. The number of hydrogen-bond acceptors (Lipinski definition) is 3. The minimum atomic E-state index is -0.626. The molecular formula is C13H15F2NO2. The van der Waals surface area contributed by atoms with Crippen molar-refractivity contribution in [1.29, 1.82) is 0 Å². The van der Waals surface area contributed by atoms with Crippen LogP contribution in [0.2, 0.25) is 0 Å². The highest BCUT2D eigenvalue weighted by atomic mass is 19.1. The molecule has 2 unspecified atom stereocenters. The maximum absolute atomic E-state index is 13.2. The number of piperidine rings is 1. The van der Waals surface area contributed by atoms with Crippen LogP contribution in [0, 0.1) is 17.6 Å². The number of ether oxygens (including phenoxy) is 1. The van der Waals surface area contributed by atoms with Crippen LogP contribution in [0.5, 0.6) is 0 Å². The number of carbonyl (C=O) groups excluding carboxylic acids is 1. The molecule has 0 aromatic heterocycles. The van der Waals surface area contributed by atoms with E-state index in [-0.39, 0.29) is 17.8 Å². The van der Waals surface area contributed by atoms with Crippen molar-refractivity contribution in [2.45, 2.75) is 12.3 Å². The molecule has 5 heteroatoms. The second kappa shape index (κ2) is 5.44. The molecule has 1 fully saturated rings. The number of halogens is 2. The molecule has 18 heavy (non-hydrogen) atoms. The predicted molar refractivity (Wildman–Crippen MR) is 62.1 cm³/mol. The first-order chi connectivity index (χ1) is 8.61. The minimum Gasteiger partial charge on any atom is -0.469 e. The van der Waals surface area contributed by atoms with E-state index in [1.807, 2.05) is 0 Å². The average Bonchev–Trinajstić information content (AvgIpc) is 2.36. The Morgan fingerprint density at radius 1 is 1.33 bits per heavy atom. The lowest BCUT2D eigenvalue weighted by Crippen LogP contribution is -2.39. The van der Waals surface area contributed by atoms with Gasteiger partial charge in [0.1, 0.15) is 11.6 Å². The molecule has 1 N–H and O–H groups in total. The predicted octanol–water partition coefficient (Wildman–Crippen LogP) is 1.83. The van der Waals surface area contributed by atoms with Gasteiger partial charge in [0.05, 0.1) is 13.0 Å². The summed E-state index contributed by atoms with van der Waals surface area (Å²) < 4.78 is 31.2. The van der Waals surface area contributed by atoms with E-state index in [9.17, 15) is 13.6 Å². The first-order valence-corrected chi connectivity index (χ1v) is 5.86. The van der Waals surface area contributed by atoms with Crippen LogP contribution in [0.15, 0.2) is 18.2 Å². The molecular weight excluding hydrogens is 240 g/mol. The Hall–Kier alpha value is -1.49. The number of benzene rings is 1. The molecule has 1 heterocycles. The fourth-order valence-corrected chi connectivity index (χ4v) is 2.43. The number of esters is 1. The second-order valence-corrected chi connectivity index (χ2v) is 4.43. The molecule has 0 radical (unpaired) electrons. The number of methoxy groups -OCH3 is 1. The maximum atomic E-state index is 13.2. The number of rotatable bonds is 2. The third-order valence-corrected chi connectivity index (χ3v) is 3.30. The number of hydrogen-bond donors (Lipinski definition) is 1. The van der Waals surface area contributed by atoms with Crippen LogP contribution in [-0.4, -0.2) is 26.2 Å². The zero-order valence-corrected chi connectivity index (χ0v) is 10.1. The lowest BCUT2D eigenvalue weighted by Gasteiger charge is -2.30. The summed E-state index contributed by atoms with van der Waals surface area (Å²) in [5.41, 5.74) is 0.495. The van der Waals surface area contributed by atoms with E-state index in [1.54, 1.807) is 0 Å². The van der Waals surface area contributed by atoms with Crippen molar-refractivity contribution < 1.29 is 18.3 Å². The van der Waals surface area contributed by atoms with Gasteiger partial charge in [-0.05, 0) is 30.7 Å². The Bertz CT molecular complexity index is 430. The van der Waals surface area contributed by atoms with Gasteiger partial charge in [-0.1, -0.05) is 0 Å². The topological polar surface area (TPSA) is 38.3 Å². The third-order valence-electron chi connectivity index (χ3n) is 3.30. The van der Waals surface area contributed by atoms with Gasteiger partial charge in [-0.15, -0.1) is 0 Å². The smallest absolute Gasteiger partial charge is 0.309 e. The molecule has 0 aliphatic carbocycles. The Kier molecular flexibility index (Phi) is 3.91. The van der Waals surface area contributed by atoms with Crippen LogP contribution in [0.25, 0.3) is 0 Å². The molecule has 2 atom stereocenters. The van der Waals surface area contributed by atoms with Crippen molar-refractivity contribution in [3.63, 3.8) is 0 Å². The Morgan fingerprint density at radius 2 is 2.00 bits per heavy atom. The summed E-state index contributed by atoms with van der Waals surface area (Å²) in [6.07, 6.45) is 0.607. The Morgan fingerprint density at radius 3 is 2.61 bits per heavy atom. The zero-order chi connectivity index (χ0) is 13.1. The van der Waals surface area contributed by atoms with Crippen molar-refractivity contribution in [3.05, 3.63) is 35.4 Å². The summed E-state index contributed by atoms with van der Waals surface area (Å²) in [6, 6.07) is 3.38. The molecule has 0 amide bonds. The number of nitrogens with one attached hydrogen (secondary N) is 1. The summed E-state index contributed by atoms with van der Waals surface area (Å²) in [5.74, 6) is -2.18. The van der Waals surface area contributed by atoms with E-state index in [4.69, 9.17) is 4.74 Å². The van der Waals surface area contributed by atoms with Crippen LogP contribution < -0.4 is 5.32 Å². The van der Waals surface area contributed by atoms with Gasteiger partial charge in [-0.2, -0.15) is 0 Å². The largest absolute Gasteiger partial charge is 0.469 e. The molecule has 1 aliphatic rings. The lowest BCUT2D eigenvalue weighted by molar-refractivity contribution is -0.147. The van der Waals surface area contributed by atoms with Crippen molar-refractivity contribution in [2.75, 3.05) is 20.2 Å². The normalized spacial score (nSPS) is 23.7. The van der Waals surface area contributed by atoms with Gasteiger partial charge in [-0.25, -0.2) is 8.78 Å². The van der Waals surface area contributed by atoms with Crippen molar-refractivity contribution in [3.8, 4) is 0 Å². The van der Waals surface area contributed by atoms with E-state index in [0.717, 1.165) is 6.07 Å². The molecule has 1 saturated heterocycles.